The van der Waals surface area contributed by atoms with Crippen molar-refractivity contribution in [1.29, 1.82) is 0 Å². The first-order valence-electron chi connectivity index (χ1n) is 6.30. The fraction of sp³-hybridized carbons (Fsp3) is 0.500. The minimum absolute atomic E-state index is 0.0393. The number of rotatable bonds is 6. The van der Waals surface area contributed by atoms with E-state index in [1.54, 1.807) is 0 Å². The Hall–Kier alpha value is -1.55. The number of hydrogen-bond acceptors (Lipinski definition) is 3. The molecule has 0 bridgehead atoms. The van der Waals surface area contributed by atoms with E-state index in [1.165, 1.54) is 0 Å². The summed E-state index contributed by atoms with van der Waals surface area (Å²) in [5, 5.41) is 6.17. The summed E-state index contributed by atoms with van der Waals surface area (Å²) in [6, 6.07) is 8.21. The lowest BCUT2D eigenvalue weighted by atomic mass is 10.2. The van der Waals surface area contributed by atoms with Crippen molar-refractivity contribution in [2.45, 2.75) is 26.3 Å². The highest BCUT2D eigenvalue weighted by Crippen LogP contribution is 2.23. The molecule has 0 aromatic heterocycles. The Morgan fingerprint density at radius 3 is 2.56 bits per heavy atom. The van der Waals surface area contributed by atoms with Crippen LogP contribution in [0.5, 0.6) is 0 Å². The van der Waals surface area contributed by atoms with E-state index in [4.69, 9.17) is 0 Å². The third-order valence-corrected chi connectivity index (χ3v) is 2.56. The highest BCUT2D eigenvalue weighted by Gasteiger charge is 2.07. The van der Waals surface area contributed by atoms with E-state index in [-0.39, 0.29) is 5.91 Å². The van der Waals surface area contributed by atoms with Crippen molar-refractivity contribution in [3.8, 4) is 0 Å². The minimum Gasteiger partial charge on any atom is -0.376 e. The van der Waals surface area contributed by atoms with Crippen LogP contribution in [-0.2, 0) is 4.79 Å². The first-order chi connectivity index (χ1) is 8.50. The van der Waals surface area contributed by atoms with Gasteiger partial charge in [0.1, 0.15) is 0 Å². The molecule has 1 aromatic carbocycles. The highest BCUT2D eigenvalue weighted by atomic mass is 16.1. The van der Waals surface area contributed by atoms with Gasteiger partial charge in [0.05, 0.1) is 11.4 Å². The molecule has 0 aliphatic rings. The normalized spacial score (nSPS) is 10.5. The number of nitrogens with zero attached hydrogens (tertiary/aromatic N) is 1. The molecule has 2 N–H and O–H groups in total. The molecule has 1 aromatic rings. The third kappa shape index (κ3) is 4.75. The van der Waals surface area contributed by atoms with Crippen LogP contribution in [0.2, 0.25) is 0 Å². The predicted molar refractivity (Wildman–Crippen MR) is 77.2 cm³/mol. The molecule has 18 heavy (non-hydrogen) atoms. The second kappa shape index (κ2) is 7.01. The first kappa shape index (κ1) is 14.5. The van der Waals surface area contributed by atoms with E-state index < -0.39 is 0 Å². The van der Waals surface area contributed by atoms with Gasteiger partial charge in [0.15, 0.2) is 0 Å². The van der Waals surface area contributed by atoms with Gasteiger partial charge in [-0.2, -0.15) is 0 Å². The SMILES string of the molecule is CC(C)NCCC(=O)Nc1ccccc1N(C)C. The zero-order chi connectivity index (χ0) is 13.5. The summed E-state index contributed by atoms with van der Waals surface area (Å²) in [5.41, 5.74) is 1.87. The molecule has 0 spiro atoms. The Labute approximate surface area is 109 Å². The molecule has 0 atom stereocenters. The smallest absolute Gasteiger partial charge is 0.225 e. The maximum absolute atomic E-state index is 11.8. The molecule has 4 nitrogen and oxygen atoms in total. The Balaban J connectivity index is 2.54. The van der Waals surface area contributed by atoms with E-state index in [9.17, 15) is 4.79 Å². The Kier molecular flexibility index (Phi) is 5.65. The summed E-state index contributed by atoms with van der Waals surface area (Å²) < 4.78 is 0. The zero-order valence-electron chi connectivity index (χ0n) is 11.7. The van der Waals surface area contributed by atoms with E-state index in [0.29, 0.717) is 19.0 Å². The van der Waals surface area contributed by atoms with Crippen LogP contribution in [0.25, 0.3) is 0 Å². The predicted octanol–water partition coefficient (Wildman–Crippen LogP) is 2.08. The number of nitrogens with one attached hydrogen (secondary N) is 2. The van der Waals surface area contributed by atoms with Gasteiger partial charge in [-0.1, -0.05) is 26.0 Å². The average molecular weight is 249 g/mol. The lowest BCUT2D eigenvalue weighted by molar-refractivity contribution is -0.116. The molecule has 0 unspecified atom stereocenters. The first-order valence-corrected chi connectivity index (χ1v) is 6.30. The fourth-order valence-corrected chi connectivity index (χ4v) is 1.66. The molecule has 0 radical (unpaired) electrons. The van der Waals surface area contributed by atoms with Gasteiger partial charge in [0.2, 0.25) is 5.91 Å². The second-order valence-electron chi connectivity index (χ2n) is 4.82. The quantitative estimate of drug-likeness (QED) is 0.811. The van der Waals surface area contributed by atoms with E-state index in [2.05, 4.69) is 24.5 Å². The van der Waals surface area contributed by atoms with Gasteiger partial charge in [-0.15, -0.1) is 0 Å². The zero-order valence-corrected chi connectivity index (χ0v) is 11.7. The van der Waals surface area contributed by atoms with E-state index >= 15 is 0 Å². The van der Waals surface area contributed by atoms with Crippen molar-refractivity contribution < 1.29 is 4.79 Å². The van der Waals surface area contributed by atoms with Gasteiger partial charge >= 0.3 is 0 Å². The molecular weight excluding hydrogens is 226 g/mol. The average Bonchev–Trinajstić information content (AvgIpc) is 2.28. The second-order valence-corrected chi connectivity index (χ2v) is 4.82. The summed E-state index contributed by atoms with van der Waals surface area (Å²) in [6.07, 6.45) is 0.486. The molecule has 0 saturated carbocycles. The van der Waals surface area contributed by atoms with E-state index in [1.807, 2.05) is 43.3 Å². The molecule has 0 aliphatic heterocycles. The van der Waals surface area contributed by atoms with Crippen LogP contribution in [0, 0.1) is 0 Å². The number of amides is 1. The lowest BCUT2D eigenvalue weighted by Crippen LogP contribution is -2.27. The van der Waals surface area contributed by atoms with Crippen LogP contribution >= 0.6 is 0 Å². The fourth-order valence-electron chi connectivity index (χ4n) is 1.66. The lowest BCUT2D eigenvalue weighted by Gasteiger charge is -2.17. The van der Waals surface area contributed by atoms with Crippen molar-refractivity contribution in [1.82, 2.24) is 5.32 Å². The van der Waals surface area contributed by atoms with Crippen molar-refractivity contribution in [3.05, 3.63) is 24.3 Å². The molecule has 0 fully saturated rings. The standard InChI is InChI=1S/C14H23N3O/c1-11(2)15-10-9-14(18)16-12-7-5-6-8-13(12)17(3)4/h5-8,11,15H,9-10H2,1-4H3,(H,16,18). The monoisotopic (exact) mass is 249 g/mol. The molecule has 1 rings (SSSR count). The van der Waals surface area contributed by atoms with Crippen molar-refractivity contribution in [3.63, 3.8) is 0 Å². The third-order valence-electron chi connectivity index (χ3n) is 2.56. The number of hydrogen-bond donors (Lipinski definition) is 2. The molecular formula is C14H23N3O. The van der Waals surface area contributed by atoms with Gasteiger partial charge in [-0.05, 0) is 12.1 Å². The van der Waals surface area contributed by atoms with Crippen LogP contribution in [-0.4, -0.2) is 32.6 Å². The maximum atomic E-state index is 11.8. The molecule has 0 aliphatic carbocycles. The van der Waals surface area contributed by atoms with Gasteiger partial charge < -0.3 is 15.5 Å². The van der Waals surface area contributed by atoms with Gasteiger partial charge in [0.25, 0.3) is 0 Å². The number of carbonyl (C=O) groups is 1. The summed E-state index contributed by atoms with van der Waals surface area (Å²) in [6.45, 7) is 4.84. The minimum atomic E-state index is 0.0393. The number of carbonyl (C=O) groups excluding carboxylic acids is 1. The largest absolute Gasteiger partial charge is 0.376 e. The summed E-state index contributed by atoms with van der Waals surface area (Å²) in [5.74, 6) is 0.0393. The molecule has 4 heteroatoms. The molecule has 100 valence electrons. The van der Waals surface area contributed by atoms with Crippen LogP contribution in [0.4, 0.5) is 11.4 Å². The van der Waals surface area contributed by atoms with E-state index in [0.717, 1.165) is 11.4 Å². The summed E-state index contributed by atoms with van der Waals surface area (Å²) >= 11 is 0. The molecule has 0 heterocycles. The Morgan fingerprint density at radius 1 is 1.28 bits per heavy atom. The van der Waals surface area contributed by atoms with Crippen LogP contribution in [0.15, 0.2) is 24.3 Å². The van der Waals surface area contributed by atoms with Gasteiger partial charge in [-0.3, -0.25) is 4.79 Å². The van der Waals surface area contributed by atoms with Gasteiger partial charge in [-0.25, -0.2) is 0 Å². The van der Waals surface area contributed by atoms with Crippen LogP contribution in [0.3, 0.4) is 0 Å². The van der Waals surface area contributed by atoms with Gasteiger partial charge in [0, 0.05) is 33.1 Å². The maximum Gasteiger partial charge on any atom is 0.225 e. The number of anilines is 2. The van der Waals surface area contributed by atoms with Crippen molar-refractivity contribution in [2.24, 2.45) is 0 Å². The molecule has 1 amide bonds. The molecule has 0 saturated heterocycles. The Morgan fingerprint density at radius 2 is 1.94 bits per heavy atom. The topological polar surface area (TPSA) is 44.4 Å². The van der Waals surface area contributed by atoms with Crippen molar-refractivity contribution >= 4 is 17.3 Å². The summed E-state index contributed by atoms with van der Waals surface area (Å²) in [4.78, 5) is 13.8. The van der Waals surface area contributed by atoms with Crippen molar-refractivity contribution in [2.75, 3.05) is 30.9 Å². The number of benzene rings is 1. The van der Waals surface area contributed by atoms with Crippen LogP contribution in [0.1, 0.15) is 20.3 Å². The van der Waals surface area contributed by atoms with Crippen LogP contribution < -0.4 is 15.5 Å². The number of para-hydroxylation sites is 2. The highest BCUT2D eigenvalue weighted by molar-refractivity contribution is 5.94. The summed E-state index contributed by atoms with van der Waals surface area (Å²) in [7, 11) is 3.93. The Bertz CT molecular complexity index is 388.